The number of aromatic nitrogens is 2. The fraction of sp³-hybridized carbons (Fsp3) is 0.389. The van der Waals surface area contributed by atoms with E-state index < -0.39 is 0 Å². The summed E-state index contributed by atoms with van der Waals surface area (Å²) < 4.78 is 2.01. The Morgan fingerprint density at radius 2 is 2.30 bits per heavy atom. The predicted molar refractivity (Wildman–Crippen MR) is 87.6 cm³/mol. The number of hydrogen-bond acceptors (Lipinski definition) is 3. The summed E-state index contributed by atoms with van der Waals surface area (Å²) in [5.74, 6) is 0.419. The number of nitrogens with one attached hydrogen (secondary N) is 1. The first-order chi connectivity index (χ1) is 11.1. The number of nitrogens with zero attached hydrogens (tertiary/aromatic N) is 3. The molecule has 118 valence electrons. The van der Waals surface area contributed by atoms with Crippen molar-refractivity contribution >= 4 is 5.91 Å². The average molecular weight is 308 g/mol. The number of hydrogen-bond donors (Lipinski definition) is 1. The van der Waals surface area contributed by atoms with Gasteiger partial charge in [-0.3, -0.25) is 9.48 Å². The minimum Gasteiger partial charge on any atom is -0.356 e. The van der Waals surface area contributed by atoms with Crippen molar-refractivity contribution in [2.45, 2.75) is 33.2 Å². The Bertz CT molecular complexity index is 785. The van der Waals surface area contributed by atoms with Gasteiger partial charge in [0.2, 0.25) is 5.91 Å². The van der Waals surface area contributed by atoms with E-state index in [-0.39, 0.29) is 5.91 Å². The third-order valence-electron chi connectivity index (χ3n) is 4.36. The zero-order valence-electron chi connectivity index (χ0n) is 13.5. The molecule has 0 fully saturated rings. The van der Waals surface area contributed by atoms with Crippen LogP contribution in [0.25, 0.3) is 11.1 Å². The highest BCUT2D eigenvalue weighted by Gasteiger charge is 2.27. The van der Waals surface area contributed by atoms with E-state index in [0.717, 1.165) is 29.7 Å². The zero-order chi connectivity index (χ0) is 16.4. The molecule has 2 aromatic rings. The molecule has 1 aliphatic rings. The van der Waals surface area contributed by atoms with Crippen molar-refractivity contribution in [3.05, 3.63) is 41.2 Å². The molecular weight excluding hydrogens is 288 g/mol. The highest BCUT2D eigenvalue weighted by Crippen LogP contribution is 2.33. The molecule has 0 aliphatic carbocycles. The van der Waals surface area contributed by atoms with Gasteiger partial charge in [-0.1, -0.05) is 6.07 Å². The van der Waals surface area contributed by atoms with Gasteiger partial charge in [-0.05, 0) is 49.4 Å². The van der Waals surface area contributed by atoms with Gasteiger partial charge >= 0.3 is 0 Å². The van der Waals surface area contributed by atoms with E-state index in [1.807, 2.05) is 42.9 Å². The Balaban J connectivity index is 1.82. The lowest BCUT2D eigenvalue weighted by Gasteiger charge is -2.09. The maximum atomic E-state index is 11.8. The second kappa shape index (κ2) is 6.25. The fourth-order valence-electron chi connectivity index (χ4n) is 3.29. The summed E-state index contributed by atoms with van der Waals surface area (Å²) in [7, 11) is 0. The van der Waals surface area contributed by atoms with Crippen LogP contribution in [0.15, 0.2) is 24.4 Å². The fourth-order valence-corrected chi connectivity index (χ4v) is 3.29. The number of aryl methyl sites for hydroxylation is 1. The van der Waals surface area contributed by atoms with E-state index >= 15 is 0 Å². The van der Waals surface area contributed by atoms with Crippen molar-refractivity contribution in [3.63, 3.8) is 0 Å². The summed E-state index contributed by atoms with van der Waals surface area (Å²) in [5, 5.41) is 16.3. The molecule has 0 saturated carbocycles. The van der Waals surface area contributed by atoms with Gasteiger partial charge in [-0.15, -0.1) is 0 Å². The van der Waals surface area contributed by atoms with Crippen LogP contribution in [0.2, 0.25) is 0 Å². The highest BCUT2D eigenvalue weighted by atomic mass is 16.1. The summed E-state index contributed by atoms with van der Waals surface area (Å²) in [6.45, 7) is 5.42. The Morgan fingerprint density at radius 3 is 3.00 bits per heavy atom. The Labute approximate surface area is 135 Å². The molecule has 0 saturated heterocycles. The molecule has 1 aromatic carbocycles. The molecule has 5 heteroatoms. The normalized spacial score (nSPS) is 16.0. The van der Waals surface area contributed by atoms with E-state index in [2.05, 4.69) is 16.5 Å². The minimum atomic E-state index is 0.111. The van der Waals surface area contributed by atoms with Crippen LogP contribution in [0.1, 0.15) is 30.2 Å². The van der Waals surface area contributed by atoms with Crippen molar-refractivity contribution in [2.75, 3.05) is 6.54 Å². The third kappa shape index (κ3) is 2.98. The average Bonchev–Trinajstić information content (AvgIpc) is 3.07. The van der Waals surface area contributed by atoms with Gasteiger partial charge in [0, 0.05) is 30.8 Å². The van der Waals surface area contributed by atoms with Gasteiger partial charge in [0.05, 0.1) is 17.8 Å². The zero-order valence-corrected chi connectivity index (χ0v) is 13.5. The van der Waals surface area contributed by atoms with Crippen molar-refractivity contribution in [2.24, 2.45) is 5.92 Å². The number of nitriles is 1. The van der Waals surface area contributed by atoms with Crippen LogP contribution < -0.4 is 5.32 Å². The van der Waals surface area contributed by atoms with E-state index in [1.54, 1.807) is 0 Å². The Kier molecular flexibility index (Phi) is 4.16. The molecule has 1 unspecified atom stereocenters. The highest BCUT2D eigenvalue weighted by molar-refractivity contribution is 5.76. The smallest absolute Gasteiger partial charge is 0.220 e. The predicted octanol–water partition coefficient (Wildman–Crippen LogP) is 2.43. The number of amides is 1. The molecule has 0 radical (unpaired) electrons. The standard InChI is InChI=1S/C18H20N4O/c1-3-20-18(23)8-14-7-17-16(10-21-22(17)11-14)15-5-4-13(9-19)6-12(15)2/h4-6,10,14H,3,7-8,11H2,1-2H3,(H,20,23). The molecule has 1 atom stereocenters. The Hall–Kier alpha value is -2.61. The molecule has 0 bridgehead atoms. The largest absolute Gasteiger partial charge is 0.356 e. The van der Waals surface area contributed by atoms with Gasteiger partial charge in [0.25, 0.3) is 0 Å². The lowest BCUT2D eigenvalue weighted by Crippen LogP contribution is -2.25. The molecule has 3 rings (SSSR count). The van der Waals surface area contributed by atoms with Crippen molar-refractivity contribution in [1.82, 2.24) is 15.1 Å². The van der Waals surface area contributed by atoms with Crippen LogP contribution in [0, 0.1) is 24.2 Å². The first kappa shape index (κ1) is 15.3. The number of fused-ring (bicyclic) bond motifs is 1. The van der Waals surface area contributed by atoms with Gasteiger partial charge in [-0.25, -0.2) is 0 Å². The summed E-state index contributed by atoms with van der Waals surface area (Å²) >= 11 is 0. The second-order valence-corrected chi connectivity index (χ2v) is 6.06. The molecule has 2 heterocycles. The van der Waals surface area contributed by atoms with Crippen LogP contribution >= 0.6 is 0 Å². The number of carbonyl (C=O) groups is 1. The van der Waals surface area contributed by atoms with Crippen LogP contribution in [-0.4, -0.2) is 22.2 Å². The quantitative estimate of drug-likeness (QED) is 0.943. The van der Waals surface area contributed by atoms with Crippen LogP contribution in [0.5, 0.6) is 0 Å². The maximum absolute atomic E-state index is 11.8. The Morgan fingerprint density at radius 1 is 1.48 bits per heavy atom. The SMILES string of the molecule is CCNC(=O)CC1Cc2c(-c3ccc(C#N)cc3C)cnn2C1. The maximum Gasteiger partial charge on any atom is 0.220 e. The number of rotatable bonds is 4. The van der Waals surface area contributed by atoms with Crippen LogP contribution in [-0.2, 0) is 17.8 Å². The summed E-state index contributed by atoms with van der Waals surface area (Å²) in [5.41, 5.74) is 5.16. The number of benzene rings is 1. The second-order valence-electron chi connectivity index (χ2n) is 6.06. The van der Waals surface area contributed by atoms with E-state index in [9.17, 15) is 4.79 Å². The monoisotopic (exact) mass is 308 g/mol. The topological polar surface area (TPSA) is 70.7 Å². The van der Waals surface area contributed by atoms with Crippen molar-refractivity contribution < 1.29 is 4.79 Å². The summed E-state index contributed by atoms with van der Waals surface area (Å²) in [6, 6.07) is 7.90. The number of carbonyl (C=O) groups excluding carboxylic acids is 1. The molecule has 23 heavy (non-hydrogen) atoms. The van der Waals surface area contributed by atoms with Gasteiger partial charge in [-0.2, -0.15) is 10.4 Å². The lowest BCUT2D eigenvalue weighted by molar-refractivity contribution is -0.121. The van der Waals surface area contributed by atoms with Crippen LogP contribution in [0.3, 0.4) is 0 Å². The third-order valence-corrected chi connectivity index (χ3v) is 4.36. The molecule has 1 aliphatic heterocycles. The molecule has 1 N–H and O–H groups in total. The first-order valence-corrected chi connectivity index (χ1v) is 7.94. The molecule has 1 aromatic heterocycles. The lowest BCUT2D eigenvalue weighted by atomic mass is 9.95. The van der Waals surface area contributed by atoms with Gasteiger partial charge in [0.1, 0.15) is 0 Å². The van der Waals surface area contributed by atoms with E-state index in [4.69, 9.17) is 5.26 Å². The van der Waals surface area contributed by atoms with Gasteiger partial charge < -0.3 is 5.32 Å². The van der Waals surface area contributed by atoms with Crippen LogP contribution in [0.4, 0.5) is 0 Å². The summed E-state index contributed by atoms with van der Waals surface area (Å²) in [4.78, 5) is 11.8. The van der Waals surface area contributed by atoms with E-state index in [1.165, 1.54) is 5.69 Å². The van der Waals surface area contributed by atoms with Crippen molar-refractivity contribution in [1.29, 1.82) is 5.26 Å². The first-order valence-electron chi connectivity index (χ1n) is 7.94. The van der Waals surface area contributed by atoms with Crippen molar-refractivity contribution in [3.8, 4) is 17.2 Å². The minimum absolute atomic E-state index is 0.111. The molecule has 1 amide bonds. The molecule has 0 spiro atoms. The molecular formula is C18H20N4O. The van der Waals surface area contributed by atoms with Gasteiger partial charge in [0.15, 0.2) is 0 Å². The summed E-state index contributed by atoms with van der Waals surface area (Å²) in [6.07, 6.45) is 3.31. The van der Waals surface area contributed by atoms with E-state index in [0.29, 0.717) is 24.4 Å². The molecule has 5 nitrogen and oxygen atoms in total.